The van der Waals surface area contributed by atoms with E-state index in [1.807, 2.05) is 0 Å². The number of benzene rings is 2. The number of ether oxygens (including phenoxy) is 2. The topological polar surface area (TPSA) is 125 Å². The molecule has 1 fully saturated rings. The second-order valence-electron chi connectivity index (χ2n) is 6.85. The van der Waals surface area contributed by atoms with Gasteiger partial charge < -0.3 is 25.8 Å². The summed E-state index contributed by atoms with van der Waals surface area (Å²) in [5, 5.41) is 0. The molecular formula is C21H23N3O5. The highest BCUT2D eigenvalue weighted by Gasteiger charge is 2.33. The summed E-state index contributed by atoms with van der Waals surface area (Å²) in [4.78, 5) is 37.1. The zero-order valence-electron chi connectivity index (χ0n) is 16.1. The molecule has 2 aromatic rings. The van der Waals surface area contributed by atoms with Crippen molar-refractivity contribution in [3.8, 4) is 11.5 Å². The van der Waals surface area contributed by atoms with Gasteiger partial charge in [0.2, 0.25) is 5.91 Å². The maximum Gasteiger partial charge on any atom is 0.255 e. The van der Waals surface area contributed by atoms with Crippen molar-refractivity contribution >= 4 is 17.7 Å². The van der Waals surface area contributed by atoms with Crippen molar-refractivity contribution in [1.29, 1.82) is 0 Å². The van der Waals surface area contributed by atoms with Gasteiger partial charge in [-0.25, -0.2) is 0 Å². The Morgan fingerprint density at radius 2 is 1.66 bits per heavy atom. The predicted octanol–water partition coefficient (Wildman–Crippen LogP) is 1.46. The van der Waals surface area contributed by atoms with Crippen LogP contribution in [0.2, 0.25) is 0 Å². The molecule has 0 heterocycles. The van der Waals surface area contributed by atoms with E-state index in [-0.39, 0.29) is 18.6 Å². The fourth-order valence-electron chi connectivity index (χ4n) is 2.96. The Kier molecular flexibility index (Phi) is 6.01. The van der Waals surface area contributed by atoms with E-state index in [0.29, 0.717) is 29.2 Å². The van der Waals surface area contributed by atoms with Crippen molar-refractivity contribution in [2.45, 2.75) is 25.4 Å². The molecule has 3 amide bonds. The van der Waals surface area contributed by atoms with Gasteiger partial charge in [0, 0.05) is 23.7 Å². The average molecular weight is 397 g/mol. The van der Waals surface area contributed by atoms with E-state index in [0.717, 1.165) is 18.4 Å². The number of primary amides is 2. The highest BCUT2D eigenvalue weighted by atomic mass is 16.5. The minimum Gasteiger partial charge on any atom is -0.493 e. The highest BCUT2D eigenvalue weighted by molar-refractivity contribution is 5.95. The van der Waals surface area contributed by atoms with Crippen LogP contribution < -0.4 is 20.9 Å². The molecular weight excluding hydrogens is 374 g/mol. The van der Waals surface area contributed by atoms with Gasteiger partial charge in [0.1, 0.15) is 0 Å². The third kappa shape index (κ3) is 5.04. The molecule has 29 heavy (non-hydrogen) atoms. The van der Waals surface area contributed by atoms with Crippen LogP contribution in [0.15, 0.2) is 42.5 Å². The largest absolute Gasteiger partial charge is 0.493 e. The summed E-state index contributed by atoms with van der Waals surface area (Å²) in [7, 11) is 1.46. The maximum atomic E-state index is 13.1. The second-order valence-corrected chi connectivity index (χ2v) is 6.85. The standard InChI is InChI=1S/C21H23N3O5/c1-28-18-10-15(6-9-17(18)29-12-19(22)25)21(27)24(16-7-8-16)11-13-2-4-14(5-3-13)20(23)26/h2-6,9-10,16H,7-8,11-12H2,1H3,(H2,22,25)(H2,23,26). The van der Waals surface area contributed by atoms with Crippen molar-refractivity contribution in [3.63, 3.8) is 0 Å². The Labute approximate surface area is 168 Å². The molecule has 1 aliphatic carbocycles. The van der Waals surface area contributed by atoms with Gasteiger partial charge in [-0.2, -0.15) is 0 Å². The second kappa shape index (κ2) is 8.64. The molecule has 0 saturated heterocycles. The molecule has 0 unspecified atom stereocenters. The van der Waals surface area contributed by atoms with Crippen LogP contribution in [0.3, 0.4) is 0 Å². The minimum atomic E-state index is -0.602. The monoisotopic (exact) mass is 397 g/mol. The fourth-order valence-corrected chi connectivity index (χ4v) is 2.96. The molecule has 1 saturated carbocycles. The van der Waals surface area contributed by atoms with Gasteiger partial charge in [-0.3, -0.25) is 14.4 Å². The Hall–Kier alpha value is -3.55. The van der Waals surface area contributed by atoms with Crippen molar-refractivity contribution in [1.82, 2.24) is 4.90 Å². The molecule has 0 radical (unpaired) electrons. The third-order valence-electron chi connectivity index (χ3n) is 4.62. The summed E-state index contributed by atoms with van der Waals surface area (Å²) in [5.41, 5.74) is 12.2. The van der Waals surface area contributed by atoms with Gasteiger partial charge in [0.05, 0.1) is 7.11 Å². The molecule has 0 aromatic heterocycles. The van der Waals surface area contributed by atoms with E-state index in [1.165, 1.54) is 7.11 Å². The highest BCUT2D eigenvalue weighted by Crippen LogP contribution is 2.33. The molecule has 4 N–H and O–H groups in total. The lowest BCUT2D eigenvalue weighted by Gasteiger charge is -2.23. The van der Waals surface area contributed by atoms with Crippen LogP contribution in [0.1, 0.15) is 39.1 Å². The fraction of sp³-hybridized carbons (Fsp3) is 0.286. The smallest absolute Gasteiger partial charge is 0.255 e. The van der Waals surface area contributed by atoms with E-state index in [4.69, 9.17) is 20.9 Å². The van der Waals surface area contributed by atoms with Crippen molar-refractivity contribution < 1.29 is 23.9 Å². The van der Waals surface area contributed by atoms with Crippen LogP contribution in [0.4, 0.5) is 0 Å². The number of amides is 3. The lowest BCUT2D eigenvalue weighted by Crippen LogP contribution is -2.32. The van der Waals surface area contributed by atoms with E-state index < -0.39 is 11.8 Å². The van der Waals surface area contributed by atoms with Crippen LogP contribution in [-0.2, 0) is 11.3 Å². The van der Waals surface area contributed by atoms with Crippen LogP contribution in [0.5, 0.6) is 11.5 Å². The van der Waals surface area contributed by atoms with Crippen molar-refractivity contribution in [3.05, 3.63) is 59.2 Å². The van der Waals surface area contributed by atoms with Crippen molar-refractivity contribution in [2.24, 2.45) is 11.5 Å². The summed E-state index contributed by atoms with van der Waals surface area (Å²) >= 11 is 0. The molecule has 152 valence electrons. The predicted molar refractivity (Wildman–Crippen MR) is 106 cm³/mol. The van der Waals surface area contributed by atoms with Crippen LogP contribution in [0.25, 0.3) is 0 Å². The quantitative estimate of drug-likeness (QED) is 0.663. The maximum absolute atomic E-state index is 13.1. The van der Waals surface area contributed by atoms with Gasteiger partial charge in [0.15, 0.2) is 18.1 Å². The summed E-state index contributed by atoms with van der Waals surface area (Å²) in [6.45, 7) is 0.143. The number of hydrogen-bond acceptors (Lipinski definition) is 5. The van der Waals surface area contributed by atoms with Gasteiger partial charge in [0.25, 0.3) is 11.8 Å². The van der Waals surface area contributed by atoms with E-state index in [1.54, 1.807) is 47.4 Å². The number of rotatable bonds is 9. The molecule has 8 heteroatoms. The molecule has 0 bridgehead atoms. The Morgan fingerprint density at radius 1 is 1.00 bits per heavy atom. The molecule has 3 rings (SSSR count). The Morgan fingerprint density at radius 3 is 2.21 bits per heavy atom. The Balaban J connectivity index is 1.78. The normalized spacial score (nSPS) is 12.9. The van der Waals surface area contributed by atoms with Gasteiger partial charge in [-0.05, 0) is 48.7 Å². The first kappa shape index (κ1) is 20.2. The molecule has 0 spiro atoms. The van der Waals surface area contributed by atoms with E-state index in [2.05, 4.69) is 0 Å². The zero-order valence-corrected chi connectivity index (χ0v) is 16.1. The lowest BCUT2D eigenvalue weighted by molar-refractivity contribution is -0.119. The van der Waals surface area contributed by atoms with Gasteiger partial charge in [-0.15, -0.1) is 0 Å². The number of nitrogens with zero attached hydrogens (tertiary/aromatic N) is 1. The summed E-state index contributed by atoms with van der Waals surface area (Å²) < 4.78 is 10.6. The third-order valence-corrected chi connectivity index (χ3v) is 4.62. The molecule has 0 aliphatic heterocycles. The van der Waals surface area contributed by atoms with Crippen LogP contribution in [0, 0.1) is 0 Å². The van der Waals surface area contributed by atoms with E-state index >= 15 is 0 Å². The molecule has 2 aromatic carbocycles. The first-order chi connectivity index (χ1) is 13.9. The number of nitrogens with two attached hydrogens (primary N) is 2. The summed E-state index contributed by atoms with van der Waals surface area (Å²) in [6.07, 6.45) is 1.89. The molecule has 8 nitrogen and oxygen atoms in total. The van der Waals surface area contributed by atoms with E-state index in [9.17, 15) is 14.4 Å². The minimum absolute atomic E-state index is 0.133. The number of carbonyl (C=O) groups is 3. The summed E-state index contributed by atoms with van der Waals surface area (Å²) in [6, 6.07) is 11.9. The average Bonchev–Trinajstić information content (AvgIpc) is 3.55. The van der Waals surface area contributed by atoms with Gasteiger partial charge >= 0.3 is 0 Å². The van der Waals surface area contributed by atoms with Gasteiger partial charge in [-0.1, -0.05) is 12.1 Å². The molecule has 0 atom stereocenters. The SMILES string of the molecule is COc1cc(C(=O)N(Cc2ccc(C(N)=O)cc2)C2CC2)ccc1OCC(N)=O. The number of carbonyl (C=O) groups excluding carboxylic acids is 3. The Bertz CT molecular complexity index is 922. The zero-order chi connectivity index (χ0) is 21.0. The van der Waals surface area contributed by atoms with Crippen LogP contribution in [-0.4, -0.2) is 42.4 Å². The van der Waals surface area contributed by atoms with Crippen LogP contribution >= 0.6 is 0 Å². The number of methoxy groups -OCH3 is 1. The molecule has 1 aliphatic rings. The summed E-state index contributed by atoms with van der Waals surface area (Å²) in [5.74, 6) is -0.542. The first-order valence-corrected chi connectivity index (χ1v) is 9.18. The lowest BCUT2D eigenvalue weighted by atomic mass is 10.1. The first-order valence-electron chi connectivity index (χ1n) is 9.18. The van der Waals surface area contributed by atoms with Crippen molar-refractivity contribution in [2.75, 3.05) is 13.7 Å². The number of hydrogen-bond donors (Lipinski definition) is 2.